The van der Waals surface area contributed by atoms with Crippen LogP contribution in [0.3, 0.4) is 0 Å². The average molecular weight is 286 g/mol. The second kappa shape index (κ2) is 29.7. The molecule has 0 fully saturated rings. The van der Waals surface area contributed by atoms with E-state index in [1.54, 1.807) is 0 Å². The molecule has 0 aliphatic heterocycles. The highest BCUT2D eigenvalue weighted by atomic mass is 16.4. The predicted octanol–water partition coefficient (Wildman–Crippen LogP) is -0.775. The van der Waals surface area contributed by atoms with Gasteiger partial charge >= 0.3 is 0 Å². The Kier molecular flexibility index (Phi) is 47.0. The first kappa shape index (κ1) is 30.1. The first-order valence-corrected chi connectivity index (χ1v) is 4.53. The van der Waals surface area contributed by atoms with Gasteiger partial charge in [-0.15, -0.1) is 0 Å². The topological polar surface area (TPSA) is 201 Å². The second-order valence-electron chi connectivity index (χ2n) is 2.31. The van der Waals surface area contributed by atoms with Crippen molar-refractivity contribution in [3.63, 3.8) is 0 Å². The summed E-state index contributed by atoms with van der Waals surface area (Å²) in [6, 6.07) is 0. The summed E-state index contributed by atoms with van der Waals surface area (Å²) >= 11 is 0. The zero-order valence-corrected chi connectivity index (χ0v) is 11.3. The first-order chi connectivity index (χ1) is 8.34. The van der Waals surface area contributed by atoms with Crippen molar-refractivity contribution in [2.75, 3.05) is 6.67 Å². The monoisotopic (exact) mass is 286 g/mol. The van der Waals surface area contributed by atoms with E-state index in [0.29, 0.717) is 0 Å². The Balaban J connectivity index is -0.0000000432. The highest BCUT2D eigenvalue weighted by molar-refractivity contribution is 5.63. The summed E-state index contributed by atoms with van der Waals surface area (Å²) in [5.74, 6) is -3.33. The lowest BCUT2D eigenvalue weighted by molar-refractivity contribution is -0.135. The number of hydrogen-bond donors (Lipinski definition) is 6. The van der Waals surface area contributed by atoms with Gasteiger partial charge in [0, 0.05) is 34.4 Å². The van der Waals surface area contributed by atoms with Gasteiger partial charge in [0.05, 0.1) is 0 Å². The van der Waals surface area contributed by atoms with E-state index in [2.05, 4.69) is 11.5 Å². The maximum Gasteiger partial charge on any atom is 0.300 e. The summed E-state index contributed by atoms with van der Waals surface area (Å²) in [5.41, 5.74) is 9.25. The van der Waals surface area contributed by atoms with E-state index in [0.717, 1.165) is 27.7 Å². The zero-order chi connectivity index (χ0) is 17.0. The summed E-state index contributed by atoms with van der Waals surface area (Å²) < 4.78 is 0. The molecule has 0 aromatic heterocycles. The molecule has 0 heterocycles. The molecule has 19 heavy (non-hydrogen) atoms. The van der Waals surface area contributed by atoms with E-state index >= 15 is 0 Å². The van der Waals surface area contributed by atoms with Crippen LogP contribution in [0, 0.1) is 0 Å². The molecular formula is C9H22N2O8. The van der Waals surface area contributed by atoms with Gasteiger partial charge in [-0.25, -0.2) is 0 Å². The van der Waals surface area contributed by atoms with Crippen LogP contribution in [0.4, 0.5) is 0 Å². The van der Waals surface area contributed by atoms with Crippen LogP contribution in [0.5, 0.6) is 0 Å². The van der Waals surface area contributed by atoms with Crippen molar-refractivity contribution >= 4 is 23.9 Å². The Morgan fingerprint density at radius 2 is 0.632 bits per heavy atom. The Morgan fingerprint density at radius 3 is 0.632 bits per heavy atom. The van der Waals surface area contributed by atoms with Gasteiger partial charge in [0.1, 0.15) is 0 Å². The van der Waals surface area contributed by atoms with Crippen LogP contribution in [-0.4, -0.2) is 51.0 Å². The number of nitrogens with two attached hydrogens (primary N) is 2. The van der Waals surface area contributed by atoms with E-state index < -0.39 is 23.9 Å². The average Bonchev–Trinajstić information content (AvgIpc) is 1.97. The number of aliphatic carboxylic acids is 4. The number of carboxylic acids is 4. The highest BCUT2D eigenvalue weighted by Crippen LogP contribution is 1.43. The Bertz CT molecular complexity index is 178. The summed E-state index contributed by atoms with van der Waals surface area (Å²) in [7, 11) is 0. The van der Waals surface area contributed by atoms with Crippen LogP contribution in [0.25, 0.3) is 0 Å². The quantitative estimate of drug-likeness (QED) is 0.307. The summed E-state index contributed by atoms with van der Waals surface area (Å²) in [4.78, 5) is 36.0. The SMILES string of the molecule is CC(=O)O.CC(=O)O.CC(=O)O.CC(=O)O.NCN. The van der Waals surface area contributed by atoms with Gasteiger partial charge in [-0.05, 0) is 0 Å². The molecule has 116 valence electrons. The Labute approximate surface area is 110 Å². The van der Waals surface area contributed by atoms with Crippen LogP contribution in [0.15, 0.2) is 0 Å². The molecule has 0 radical (unpaired) electrons. The third-order valence-corrected chi connectivity index (χ3v) is 0. The minimum Gasteiger partial charge on any atom is -0.481 e. The zero-order valence-electron chi connectivity index (χ0n) is 11.3. The molecule has 10 nitrogen and oxygen atoms in total. The third-order valence-electron chi connectivity index (χ3n) is 0. The van der Waals surface area contributed by atoms with E-state index in [1.807, 2.05) is 0 Å². The molecule has 0 aliphatic carbocycles. The smallest absolute Gasteiger partial charge is 0.300 e. The van der Waals surface area contributed by atoms with Crippen molar-refractivity contribution in [3.05, 3.63) is 0 Å². The van der Waals surface area contributed by atoms with Gasteiger partial charge in [-0.3, -0.25) is 19.2 Å². The fraction of sp³-hybridized carbons (Fsp3) is 0.556. The lowest BCUT2D eigenvalue weighted by Gasteiger charge is -1.59. The van der Waals surface area contributed by atoms with Crippen molar-refractivity contribution in [2.45, 2.75) is 27.7 Å². The Morgan fingerprint density at radius 1 is 0.632 bits per heavy atom. The lowest BCUT2D eigenvalue weighted by atomic mass is 10.9. The van der Waals surface area contributed by atoms with E-state index in [-0.39, 0.29) is 6.67 Å². The number of hydrogen-bond acceptors (Lipinski definition) is 6. The van der Waals surface area contributed by atoms with Crippen LogP contribution in [0.2, 0.25) is 0 Å². The molecule has 0 amide bonds. The number of carbonyl (C=O) groups is 4. The fourth-order valence-corrected chi connectivity index (χ4v) is 0. The molecule has 0 aromatic carbocycles. The van der Waals surface area contributed by atoms with Crippen molar-refractivity contribution in [2.24, 2.45) is 11.5 Å². The molecule has 0 atom stereocenters. The molecule has 10 heteroatoms. The van der Waals surface area contributed by atoms with Crippen LogP contribution >= 0.6 is 0 Å². The largest absolute Gasteiger partial charge is 0.481 e. The summed E-state index contributed by atoms with van der Waals surface area (Å²) in [6.45, 7) is 4.58. The van der Waals surface area contributed by atoms with Crippen molar-refractivity contribution < 1.29 is 39.6 Å². The summed E-state index contributed by atoms with van der Waals surface area (Å²) in [5, 5.41) is 29.7. The molecule has 0 saturated heterocycles. The van der Waals surface area contributed by atoms with E-state index in [1.165, 1.54) is 0 Å². The second-order valence-corrected chi connectivity index (χ2v) is 2.31. The molecule has 0 aromatic rings. The van der Waals surface area contributed by atoms with E-state index in [4.69, 9.17) is 39.6 Å². The summed E-state index contributed by atoms with van der Waals surface area (Å²) in [6.07, 6.45) is 0. The lowest BCUT2D eigenvalue weighted by Crippen LogP contribution is -2.08. The normalized spacial score (nSPS) is 6.21. The minimum atomic E-state index is -0.833. The van der Waals surface area contributed by atoms with Gasteiger partial charge in [0.15, 0.2) is 0 Å². The maximum atomic E-state index is 9.00. The number of rotatable bonds is 0. The van der Waals surface area contributed by atoms with Crippen molar-refractivity contribution in [1.29, 1.82) is 0 Å². The molecule has 0 aliphatic rings. The molecule has 0 spiro atoms. The van der Waals surface area contributed by atoms with Crippen molar-refractivity contribution in [3.8, 4) is 0 Å². The van der Waals surface area contributed by atoms with Crippen LogP contribution in [0.1, 0.15) is 27.7 Å². The molecule has 0 unspecified atom stereocenters. The van der Waals surface area contributed by atoms with Gasteiger partial charge in [0.2, 0.25) is 0 Å². The molecule has 0 saturated carbocycles. The Hall–Kier alpha value is -2.20. The van der Waals surface area contributed by atoms with Crippen molar-refractivity contribution in [1.82, 2.24) is 0 Å². The molecule has 0 bridgehead atoms. The standard InChI is InChI=1S/4C2H4O2.CH6N2/c4*1-2(3)4;2-1-3/h4*1H3,(H,3,4);1-3H2. The molecule has 0 rings (SSSR count). The first-order valence-electron chi connectivity index (χ1n) is 4.53. The molecular weight excluding hydrogens is 264 g/mol. The van der Waals surface area contributed by atoms with Gasteiger partial charge in [-0.2, -0.15) is 0 Å². The minimum absolute atomic E-state index is 0.250. The fourth-order valence-electron chi connectivity index (χ4n) is 0. The van der Waals surface area contributed by atoms with Gasteiger partial charge in [-0.1, -0.05) is 0 Å². The molecule has 8 N–H and O–H groups in total. The predicted molar refractivity (Wildman–Crippen MR) is 66.5 cm³/mol. The van der Waals surface area contributed by atoms with E-state index in [9.17, 15) is 0 Å². The van der Waals surface area contributed by atoms with Crippen LogP contribution in [-0.2, 0) is 19.2 Å². The van der Waals surface area contributed by atoms with Crippen LogP contribution < -0.4 is 11.5 Å². The van der Waals surface area contributed by atoms with Gasteiger partial charge in [0.25, 0.3) is 23.9 Å². The third kappa shape index (κ3) is 622. The number of carboxylic acid groups (broad SMARTS) is 4. The highest BCUT2D eigenvalue weighted by Gasteiger charge is 1.66. The van der Waals surface area contributed by atoms with Gasteiger partial charge < -0.3 is 31.9 Å². The maximum absolute atomic E-state index is 9.00.